The van der Waals surface area contributed by atoms with Gasteiger partial charge in [-0.05, 0) is 24.6 Å². The minimum atomic E-state index is 0.00323. The lowest BCUT2D eigenvalue weighted by Gasteiger charge is -2.03. The molecule has 0 unspecified atom stereocenters. The third kappa shape index (κ3) is 1.40. The van der Waals surface area contributed by atoms with Gasteiger partial charge >= 0.3 is 0 Å². The highest BCUT2D eigenvalue weighted by atomic mass is 16.3. The summed E-state index contributed by atoms with van der Waals surface area (Å²) in [7, 11) is 0. The van der Waals surface area contributed by atoms with E-state index in [0.29, 0.717) is 11.6 Å². The van der Waals surface area contributed by atoms with Gasteiger partial charge in [0.05, 0.1) is 12.1 Å². The molecule has 0 amide bonds. The molecule has 0 saturated heterocycles. The number of anilines is 1. The molecule has 1 aromatic heterocycles. The van der Waals surface area contributed by atoms with Gasteiger partial charge in [-0.25, -0.2) is 9.97 Å². The van der Waals surface area contributed by atoms with Crippen LogP contribution in [0.1, 0.15) is 11.4 Å². The second-order valence-electron chi connectivity index (χ2n) is 3.17. The molecule has 2 aromatic rings. The van der Waals surface area contributed by atoms with E-state index in [1.807, 2.05) is 18.2 Å². The first-order chi connectivity index (χ1) is 6.70. The van der Waals surface area contributed by atoms with Crippen LogP contribution in [0.15, 0.2) is 18.2 Å². The van der Waals surface area contributed by atoms with Gasteiger partial charge in [-0.3, -0.25) is 0 Å². The molecule has 2 rings (SSSR count). The summed E-state index contributed by atoms with van der Waals surface area (Å²) < 4.78 is 0. The molecule has 4 heteroatoms. The van der Waals surface area contributed by atoms with Gasteiger partial charge < -0.3 is 10.8 Å². The summed E-state index contributed by atoms with van der Waals surface area (Å²) in [5.41, 5.74) is 7.38. The molecule has 1 heterocycles. The van der Waals surface area contributed by atoms with E-state index in [1.54, 1.807) is 6.92 Å². The van der Waals surface area contributed by atoms with Crippen molar-refractivity contribution in [3.05, 3.63) is 29.6 Å². The Morgan fingerprint density at radius 1 is 1.36 bits per heavy atom. The van der Waals surface area contributed by atoms with Gasteiger partial charge in [0.25, 0.3) is 0 Å². The van der Waals surface area contributed by atoms with Gasteiger partial charge in [-0.1, -0.05) is 6.07 Å². The predicted octanol–water partition coefficient (Wildman–Crippen LogP) is 1.01. The quantitative estimate of drug-likeness (QED) is 0.702. The third-order valence-electron chi connectivity index (χ3n) is 2.08. The zero-order valence-corrected chi connectivity index (χ0v) is 7.86. The van der Waals surface area contributed by atoms with Crippen molar-refractivity contribution in [1.29, 1.82) is 0 Å². The summed E-state index contributed by atoms with van der Waals surface area (Å²) >= 11 is 0. The van der Waals surface area contributed by atoms with Crippen molar-refractivity contribution < 1.29 is 5.11 Å². The molecular weight excluding hydrogens is 178 g/mol. The molecule has 3 N–H and O–H groups in total. The lowest BCUT2D eigenvalue weighted by Crippen LogP contribution is -1.97. The first-order valence-electron chi connectivity index (χ1n) is 4.34. The molecule has 1 aromatic carbocycles. The Morgan fingerprint density at radius 3 is 2.86 bits per heavy atom. The molecule has 0 aliphatic heterocycles. The van der Waals surface area contributed by atoms with Gasteiger partial charge in [-0.2, -0.15) is 0 Å². The van der Waals surface area contributed by atoms with E-state index in [0.717, 1.165) is 16.5 Å². The summed E-state index contributed by atoms with van der Waals surface area (Å²) in [6, 6.07) is 5.48. The lowest BCUT2D eigenvalue weighted by molar-refractivity contribution is 0.282. The van der Waals surface area contributed by atoms with Crippen molar-refractivity contribution in [3.63, 3.8) is 0 Å². The highest BCUT2D eigenvalue weighted by Gasteiger charge is 2.02. The molecule has 0 fully saturated rings. The Kier molecular flexibility index (Phi) is 2.05. The first kappa shape index (κ1) is 8.90. The van der Waals surface area contributed by atoms with E-state index < -0.39 is 0 Å². The van der Waals surface area contributed by atoms with Crippen LogP contribution in [0.5, 0.6) is 0 Å². The summed E-state index contributed by atoms with van der Waals surface area (Å²) in [6.45, 7) is 1.80. The maximum Gasteiger partial charge on any atom is 0.135 e. The van der Waals surface area contributed by atoms with E-state index in [2.05, 4.69) is 9.97 Å². The van der Waals surface area contributed by atoms with Crippen molar-refractivity contribution in [2.45, 2.75) is 13.5 Å². The number of nitrogens with zero attached hydrogens (tertiary/aromatic N) is 2. The van der Waals surface area contributed by atoms with Crippen molar-refractivity contribution >= 4 is 16.7 Å². The monoisotopic (exact) mass is 189 g/mol. The molecule has 0 bridgehead atoms. The van der Waals surface area contributed by atoms with Crippen LogP contribution < -0.4 is 5.73 Å². The zero-order chi connectivity index (χ0) is 10.1. The van der Waals surface area contributed by atoms with Crippen LogP contribution in [0, 0.1) is 6.92 Å². The Balaban J connectivity index is 2.75. The average Bonchev–Trinajstić information content (AvgIpc) is 2.17. The van der Waals surface area contributed by atoms with Crippen LogP contribution in [0.2, 0.25) is 0 Å². The Bertz CT molecular complexity index is 482. The molecule has 4 nitrogen and oxygen atoms in total. The molecule has 0 radical (unpaired) electrons. The third-order valence-corrected chi connectivity index (χ3v) is 2.08. The average molecular weight is 189 g/mol. The Labute approximate surface area is 81.4 Å². The fraction of sp³-hybridized carbons (Fsp3) is 0.200. The fourth-order valence-electron chi connectivity index (χ4n) is 1.42. The summed E-state index contributed by atoms with van der Waals surface area (Å²) in [5, 5.41) is 9.75. The van der Waals surface area contributed by atoms with Gasteiger partial charge in [0.2, 0.25) is 0 Å². The molecule has 0 saturated carbocycles. The highest BCUT2D eigenvalue weighted by Crippen LogP contribution is 2.19. The minimum absolute atomic E-state index is 0.00323. The second-order valence-corrected chi connectivity index (χ2v) is 3.17. The number of benzene rings is 1. The van der Waals surface area contributed by atoms with Gasteiger partial charge in [-0.15, -0.1) is 0 Å². The van der Waals surface area contributed by atoms with Gasteiger partial charge in [0, 0.05) is 5.39 Å². The van der Waals surface area contributed by atoms with E-state index in [4.69, 9.17) is 10.8 Å². The van der Waals surface area contributed by atoms with Crippen molar-refractivity contribution in [2.75, 3.05) is 5.73 Å². The minimum Gasteiger partial charge on any atom is -0.392 e. The first-order valence-corrected chi connectivity index (χ1v) is 4.34. The standard InChI is InChI=1S/C10H11N3O/c1-6-12-9-3-2-7(5-14)4-8(9)10(11)13-6/h2-4,14H,5H2,1H3,(H2,11,12,13). The lowest BCUT2D eigenvalue weighted by atomic mass is 10.1. The summed E-state index contributed by atoms with van der Waals surface area (Å²) in [4.78, 5) is 8.30. The van der Waals surface area contributed by atoms with Gasteiger partial charge in [0.1, 0.15) is 11.6 Å². The number of hydrogen-bond acceptors (Lipinski definition) is 4. The molecule has 14 heavy (non-hydrogen) atoms. The summed E-state index contributed by atoms with van der Waals surface area (Å²) in [5.74, 6) is 1.12. The predicted molar refractivity (Wildman–Crippen MR) is 54.6 cm³/mol. The smallest absolute Gasteiger partial charge is 0.135 e. The normalized spacial score (nSPS) is 10.7. The highest BCUT2D eigenvalue weighted by molar-refractivity contribution is 5.88. The number of rotatable bonds is 1. The van der Waals surface area contributed by atoms with Crippen molar-refractivity contribution in [2.24, 2.45) is 0 Å². The zero-order valence-electron chi connectivity index (χ0n) is 7.86. The van der Waals surface area contributed by atoms with E-state index in [9.17, 15) is 0 Å². The van der Waals surface area contributed by atoms with E-state index in [-0.39, 0.29) is 6.61 Å². The number of nitrogens with two attached hydrogens (primary N) is 1. The number of aromatic nitrogens is 2. The molecular formula is C10H11N3O. The Hall–Kier alpha value is -1.68. The van der Waals surface area contributed by atoms with E-state index in [1.165, 1.54) is 0 Å². The Morgan fingerprint density at radius 2 is 2.14 bits per heavy atom. The number of hydrogen-bond donors (Lipinski definition) is 2. The fourth-order valence-corrected chi connectivity index (χ4v) is 1.42. The van der Waals surface area contributed by atoms with Crippen LogP contribution in [-0.2, 0) is 6.61 Å². The maximum atomic E-state index is 8.96. The van der Waals surface area contributed by atoms with Crippen LogP contribution >= 0.6 is 0 Å². The molecule has 0 aliphatic carbocycles. The van der Waals surface area contributed by atoms with Crippen LogP contribution in [0.3, 0.4) is 0 Å². The van der Waals surface area contributed by atoms with Crippen molar-refractivity contribution in [3.8, 4) is 0 Å². The van der Waals surface area contributed by atoms with Crippen LogP contribution in [0.4, 0.5) is 5.82 Å². The van der Waals surface area contributed by atoms with Crippen molar-refractivity contribution in [1.82, 2.24) is 9.97 Å². The largest absolute Gasteiger partial charge is 0.392 e. The molecule has 0 spiro atoms. The van der Waals surface area contributed by atoms with Crippen LogP contribution in [-0.4, -0.2) is 15.1 Å². The SMILES string of the molecule is Cc1nc(N)c2cc(CO)ccc2n1. The number of aryl methyl sites for hydroxylation is 1. The van der Waals surface area contributed by atoms with E-state index >= 15 is 0 Å². The second kappa shape index (κ2) is 3.23. The topological polar surface area (TPSA) is 72.0 Å². The number of aliphatic hydroxyl groups is 1. The molecule has 0 aliphatic rings. The molecule has 0 atom stereocenters. The van der Waals surface area contributed by atoms with Gasteiger partial charge in [0.15, 0.2) is 0 Å². The van der Waals surface area contributed by atoms with Crippen LogP contribution in [0.25, 0.3) is 10.9 Å². The number of nitrogen functional groups attached to an aromatic ring is 1. The summed E-state index contributed by atoms with van der Waals surface area (Å²) in [6.07, 6.45) is 0. The number of fused-ring (bicyclic) bond motifs is 1. The molecule has 72 valence electrons. The number of aliphatic hydroxyl groups excluding tert-OH is 1. The maximum absolute atomic E-state index is 8.96.